The molecule has 0 aliphatic heterocycles. The number of H-pyrrole nitrogens is 1. The van der Waals surface area contributed by atoms with Crippen LogP contribution in [0.1, 0.15) is 10.5 Å². The molecule has 0 atom stereocenters. The number of amides is 1. The molecule has 3 rings (SSSR count). The van der Waals surface area contributed by atoms with E-state index in [2.05, 4.69) is 26.0 Å². The van der Waals surface area contributed by atoms with Crippen molar-refractivity contribution in [2.45, 2.75) is 0 Å². The van der Waals surface area contributed by atoms with Gasteiger partial charge < -0.3 is 15.4 Å². The average Bonchev–Trinajstić information content (AvgIpc) is 3.07. The molecule has 25 heavy (non-hydrogen) atoms. The van der Waals surface area contributed by atoms with Crippen molar-refractivity contribution in [1.29, 1.82) is 0 Å². The molecule has 0 unspecified atom stereocenters. The number of aromatic amines is 1. The lowest BCUT2D eigenvalue weighted by molar-refractivity contribution is 0.102. The molecule has 0 bridgehead atoms. The van der Waals surface area contributed by atoms with Crippen LogP contribution in [0, 0.1) is 5.82 Å². The van der Waals surface area contributed by atoms with Crippen molar-refractivity contribution in [3.8, 4) is 5.75 Å². The highest BCUT2D eigenvalue weighted by Gasteiger charge is 2.17. The Morgan fingerprint density at radius 2 is 1.88 bits per heavy atom. The molecule has 7 nitrogen and oxygen atoms in total. The van der Waals surface area contributed by atoms with E-state index in [1.54, 1.807) is 31.4 Å². The third kappa shape index (κ3) is 3.86. The lowest BCUT2D eigenvalue weighted by atomic mass is 10.2. The molecule has 1 heterocycles. The summed E-state index contributed by atoms with van der Waals surface area (Å²) in [6, 6.07) is 11.0. The van der Waals surface area contributed by atoms with Crippen LogP contribution in [-0.2, 0) is 0 Å². The topological polar surface area (TPSA) is 91.9 Å². The molecule has 0 aliphatic rings. The van der Waals surface area contributed by atoms with Crippen LogP contribution in [0.3, 0.4) is 0 Å². The van der Waals surface area contributed by atoms with Gasteiger partial charge in [-0.15, -0.1) is 10.2 Å². The van der Waals surface area contributed by atoms with Gasteiger partial charge in [0.2, 0.25) is 0 Å². The lowest BCUT2D eigenvalue weighted by Crippen LogP contribution is -2.14. The molecule has 3 aromatic rings. The Kier molecular flexibility index (Phi) is 4.80. The van der Waals surface area contributed by atoms with Crippen molar-refractivity contribution in [2.24, 2.45) is 0 Å². The Morgan fingerprint density at radius 1 is 1.16 bits per heavy atom. The van der Waals surface area contributed by atoms with Crippen molar-refractivity contribution in [2.75, 3.05) is 17.7 Å². The van der Waals surface area contributed by atoms with E-state index < -0.39 is 11.7 Å². The monoisotopic (exact) mass is 361 g/mol. The van der Waals surface area contributed by atoms with Gasteiger partial charge in [0.25, 0.3) is 5.91 Å². The third-order valence-electron chi connectivity index (χ3n) is 3.29. The quantitative estimate of drug-likeness (QED) is 0.645. The number of nitrogens with zero attached hydrogens (tertiary/aromatic N) is 2. The predicted molar refractivity (Wildman–Crippen MR) is 92.0 cm³/mol. The van der Waals surface area contributed by atoms with E-state index in [0.717, 1.165) is 6.07 Å². The number of methoxy groups -OCH3 is 1. The first-order valence-electron chi connectivity index (χ1n) is 7.15. The minimum Gasteiger partial charge on any atom is -0.497 e. The van der Waals surface area contributed by atoms with Crippen molar-refractivity contribution in [3.05, 3.63) is 59.0 Å². The van der Waals surface area contributed by atoms with Crippen LogP contribution in [0.5, 0.6) is 5.75 Å². The zero-order valence-electron chi connectivity index (χ0n) is 13.0. The number of hydrogen-bond acceptors (Lipinski definition) is 5. The van der Waals surface area contributed by atoms with Crippen LogP contribution in [0.2, 0.25) is 5.02 Å². The fourth-order valence-corrected chi connectivity index (χ4v) is 2.23. The van der Waals surface area contributed by atoms with Crippen LogP contribution in [-0.4, -0.2) is 28.4 Å². The van der Waals surface area contributed by atoms with Crippen molar-refractivity contribution >= 4 is 34.7 Å². The number of benzene rings is 2. The first-order chi connectivity index (χ1) is 12.1. The van der Waals surface area contributed by atoms with Crippen molar-refractivity contribution in [1.82, 2.24) is 15.4 Å². The lowest BCUT2D eigenvalue weighted by Gasteiger charge is -2.07. The Bertz CT molecular complexity index is 898. The summed E-state index contributed by atoms with van der Waals surface area (Å²) in [5.74, 6) is -0.136. The summed E-state index contributed by atoms with van der Waals surface area (Å²) in [6.07, 6.45) is 0. The Hall–Kier alpha value is -3.13. The van der Waals surface area contributed by atoms with E-state index in [9.17, 15) is 9.18 Å². The van der Waals surface area contributed by atoms with Gasteiger partial charge in [0.05, 0.1) is 12.1 Å². The second kappa shape index (κ2) is 7.18. The minimum atomic E-state index is -0.567. The standard InChI is InChI=1S/C16H13ClFN5O2/c1-25-11-5-2-9(3-6-11)19-15-14(21-23-22-15)16(24)20-10-4-7-13(18)12(17)8-10/h2-8H,1H3,(H,20,24)(H2,19,21,22,23). The van der Waals surface area contributed by atoms with Crippen LogP contribution >= 0.6 is 11.6 Å². The summed E-state index contributed by atoms with van der Waals surface area (Å²) < 4.78 is 18.3. The number of nitrogens with one attached hydrogen (secondary N) is 3. The van der Waals surface area contributed by atoms with Crippen LogP contribution in [0.15, 0.2) is 42.5 Å². The number of hydrogen-bond donors (Lipinski definition) is 3. The molecular weight excluding hydrogens is 349 g/mol. The van der Waals surface area contributed by atoms with Crippen molar-refractivity contribution in [3.63, 3.8) is 0 Å². The van der Waals surface area contributed by atoms with Gasteiger partial charge in [0.15, 0.2) is 11.5 Å². The van der Waals surface area contributed by atoms with Crippen LogP contribution in [0.25, 0.3) is 0 Å². The van der Waals surface area contributed by atoms with Gasteiger partial charge >= 0.3 is 0 Å². The van der Waals surface area contributed by atoms with Gasteiger partial charge in [-0.05, 0) is 42.5 Å². The molecule has 0 saturated carbocycles. The normalized spacial score (nSPS) is 10.4. The molecule has 1 aromatic heterocycles. The number of aromatic nitrogens is 3. The maximum atomic E-state index is 13.2. The molecule has 1 amide bonds. The largest absolute Gasteiger partial charge is 0.497 e. The molecule has 128 valence electrons. The highest BCUT2D eigenvalue weighted by molar-refractivity contribution is 6.31. The van der Waals surface area contributed by atoms with Gasteiger partial charge in [0, 0.05) is 11.4 Å². The number of rotatable bonds is 5. The Balaban J connectivity index is 1.75. The first-order valence-corrected chi connectivity index (χ1v) is 7.53. The predicted octanol–water partition coefficient (Wildman–Crippen LogP) is 3.60. The van der Waals surface area contributed by atoms with E-state index in [-0.39, 0.29) is 16.5 Å². The number of anilines is 3. The average molecular weight is 362 g/mol. The fraction of sp³-hybridized carbons (Fsp3) is 0.0625. The Labute approximate surface area is 147 Å². The van der Waals surface area contributed by atoms with Gasteiger partial charge in [-0.1, -0.05) is 11.6 Å². The van der Waals surface area contributed by atoms with Crippen molar-refractivity contribution < 1.29 is 13.9 Å². The number of carbonyl (C=O) groups excluding carboxylic acids is 1. The summed E-state index contributed by atoms with van der Waals surface area (Å²) in [6.45, 7) is 0. The van der Waals surface area contributed by atoms with Crippen LogP contribution in [0.4, 0.5) is 21.6 Å². The van der Waals surface area contributed by atoms with Gasteiger partial charge in [-0.25, -0.2) is 4.39 Å². The third-order valence-corrected chi connectivity index (χ3v) is 3.58. The minimum absolute atomic E-state index is 0.0521. The summed E-state index contributed by atoms with van der Waals surface area (Å²) >= 11 is 5.70. The molecular formula is C16H13ClFN5O2. The number of carbonyl (C=O) groups is 1. The zero-order valence-corrected chi connectivity index (χ0v) is 13.8. The van der Waals surface area contributed by atoms with E-state index in [1.165, 1.54) is 12.1 Å². The molecule has 2 aromatic carbocycles. The van der Waals surface area contributed by atoms with E-state index in [0.29, 0.717) is 17.1 Å². The smallest absolute Gasteiger partial charge is 0.280 e. The molecule has 9 heteroatoms. The highest BCUT2D eigenvalue weighted by Crippen LogP contribution is 2.22. The van der Waals surface area contributed by atoms with Gasteiger partial charge in [-0.2, -0.15) is 5.21 Å². The highest BCUT2D eigenvalue weighted by atomic mass is 35.5. The number of halogens is 2. The summed E-state index contributed by atoms with van der Waals surface area (Å²) in [4.78, 5) is 12.4. The maximum absolute atomic E-state index is 13.2. The van der Waals surface area contributed by atoms with E-state index in [1.807, 2.05) is 0 Å². The maximum Gasteiger partial charge on any atom is 0.280 e. The second-order valence-electron chi connectivity index (χ2n) is 4.96. The second-order valence-corrected chi connectivity index (χ2v) is 5.36. The molecule has 0 saturated heterocycles. The number of ether oxygens (including phenoxy) is 1. The SMILES string of the molecule is COc1ccc(Nc2n[nH]nc2C(=O)Nc2ccc(F)c(Cl)c2)cc1. The van der Waals surface area contributed by atoms with Crippen LogP contribution < -0.4 is 15.4 Å². The van der Waals surface area contributed by atoms with E-state index >= 15 is 0 Å². The molecule has 0 radical (unpaired) electrons. The zero-order chi connectivity index (χ0) is 17.8. The van der Waals surface area contributed by atoms with Gasteiger partial charge in [-0.3, -0.25) is 4.79 Å². The van der Waals surface area contributed by atoms with Gasteiger partial charge in [0.1, 0.15) is 11.6 Å². The van der Waals surface area contributed by atoms with E-state index in [4.69, 9.17) is 16.3 Å². The summed E-state index contributed by atoms with van der Waals surface area (Å²) in [7, 11) is 1.57. The molecule has 0 fully saturated rings. The fourth-order valence-electron chi connectivity index (χ4n) is 2.05. The Morgan fingerprint density at radius 3 is 2.56 bits per heavy atom. The summed E-state index contributed by atoms with van der Waals surface area (Å²) in [5, 5.41) is 15.6. The molecule has 0 spiro atoms. The first kappa shape index (κ1) is 16.7. The molecule has 3 N–H and O–H groups in total. The summed E-state index contributed by atoms with van der Waals surface area (Å²) in [5.41, 5.74) is 1.10. The molecule has 0 aliphatic carbocycles.